The number of pyridine rings is 1. The molecule has 0 spiro atoms. The summed E-state index contributed by atoms with van der Waals surface area (Å²) in [4.78, 5) is 22.9. The SMILES string of the molecule is Nc1cnc(-c2nc(N3CCOCC3)nc3c2CCN3c2cccnc2)s1. The van der Waals surface area contributed by atoms with Crippen LogP contribution in [0.2, 0.25) is 0 Å². The quantitative estimate of drug-likeness (QED) is 0.737. The van der Waals surface area contributed by atoms with E-state index in [2.05, 4.69) is 25.8 Å². The number of thiazole rings is 1. The molecule has 27 heavy (non-hydrogen) atoms. The lowest BCUT2D eigenvalue weighted by molar-refractivity contribution is 0.122. The van der Waals surface area contributed by atoms with E-state index in [1.807, 2.05) is 12.3 Å². The highest BCUT2D eigenvalue weighted by Gasteiger charge is 2.30. The maximum Gasteiger partial charge on any atom is 0.228 e. The van der Waals surface area contributed by atoms with Crippen LogP contribution in [0.1, 0.15) is 5.56 Å². The van der Waals surface area contributed by atoms with Crippen molar-refractivity contribution in [3.8, 4) is 10.7 Å². The van der Waals surface area contributed by atoms with Gasteiger partial charge in [0.05, 0.1) is 31.3 Å². The third-order valence-corrected chi connectivity index (χ3v) is 5.63. The van der Waals surface area contributed by atoms with Gasteiger partial charge in [0.1, 0.15) is 21.5 Å². The molecule has 3 aromatic heterocycles. The van der Waals surface area contributed by atoms with Gasteiger partial charge in [0.15, 0.2) is 0 Å². The molecule has 0 aliphatic carbocycles. The van der Waals surface area contributed by atoms with E-state index in [1.54, 1.807) is 12.4 Å². The van der Waals surface area contributed by atoms with Crippen LogP contribution in [0.5, 0.6) is 0 Å². The normalized spacial score (nSPS) is 16.6. The van der Waals surface area contributed by atoms with Crippen LogP contribution in [-0.4, -0.2) is 52.8 Å². The number of nitrogen functional groups attached to an aromatic ring is 1. The third-order valence-electron chi connectivity index (χ3n) is 4.79. The number of ether oxygens (including phenoxy) is 1. The van der Waals surface area contributed by atoms with E-state index in [-0.39, 0.29) is 0 Å². The number of morpholine rings is 1. The molecule has 0 unspecified atom stereocenters. The van der Waals surface area contributed by atoms with Gasteiger partial charge in [-0.25, -0.2) is 9.97 Å². The van der Waals surface area contributed by atoms with Crippen LogP contribution in [0.4, 0.5) is 22.5 Å². The molecular weight excluding hydrogens is 362 g/mol. The molecule has 2 aliphatic heterocycles. The van der Waals surface area contributed by atoms with Crippen LogP contribution in [0.25, 0.3) is 10.7 Å². The van der Waals surface area contributed by atoms with Crippen molar-refractivity contribution in [1.82, 2.24) is 19.9 Å². The monoisotopic (exact) mass is 381 g/mol. The third kappa shape index (κ3) is 2.98. The molecule has 0 aromatic carbocycles. The fourth-order valence-electron chi connectivity index (χ4n) is 3.49. The van der Waals surface area contributed by atoms with Crippen molar-refractivity contribution in [3.63, 3.8) is 0 Å². The molecule has 0 bridgehead atoms. The van der Waals surface area contributed by atoms with Gasteiger partial charge in [0.25, 0.3) is 0 Å². The molecule has 3 aromatic rings. The zero-order valence-electron chi connectivity index (χ0n) is 14.7. The van der Waals surface area contributed by atoms with Crippen molar-refractivity contribution in [2.24, 2.45) is 0 Å². The van der Waals surface area contributed by atoms with Crippen molar-refractivity contribution in [2.45, 2.75) is 6.42 Å². The summed E-state index contributed by atoms with van der Waals surface area (Å²) in [6, 6.07) is 4.00. The lowest BCUT2D eigenvalue weighted by Gasteiger charge is -2.28. The minimum absolute atomic E-state index is 0.687. The maximum absolute atomic E-state index is 5.93. The Morgan fingerprint density at radius 1 is 1.11 bits per heavy atom. The predicted molar refractivity (Wildman–Crippen MR) is 106 cm³/mol. The highest BCUT2D eigenvalue weighted by atomic mass is 32.1. The number of fused-ring (bicyclic) bond motifs is 1. The number of anilines is 4. The molecule has 138 valence electrons. The first-order valence-electron chi connectivity index (χ1n) is 8.92. The molecule has 1 saturated heterocycles. The lowest BCUT2D eigenvalue weighted by atomic mass is 10.2. The Hall–Kier alpha value is -2.78. The van der Waals surface area contributed by atoms with Crippen molar-refractivity contribution in [2.75, 3.05) is 48.4 Å². The fraction of sp³-hybridized carbons (Fsp3) is 0.333. The number of aromatic nitrogens is 4. The first-order valence-corrected chi connectivity index (χ1v) is 9.74. The number of hydrogen-bond donors (Lipinski definition) is 1. The van der Waals surface area contributed by atoms with Crippen LogP contribution in [0.3, 0.4) is 0 Å². The first-order chi connectivity index (χ1) is 13.3. The minimum Gasteiger partial charge on any atom is -0.389 e. The second-order valence-corrected chi connectivity index (χ2v) is 7.52. The number of hydrogen-bond acceptors (Lipinski definition) is 9. The number of rotatable bonds is 3. The molecule has 5 heterocycles. The molecule has 8 nitrogen and oxygen atoms in total. The fourth-order valence-corrected chi connectivity index (χ4v) is 4.19. The van der Waals surface area contributed by atoms with Crippen molar-refractivity contribution < 1.29 is 4.74 Å². The highest BCUT2D eigenvalue weighted by Crippen LogP contribution is 2.40. The summed E-state index contributed by atoms with van der Waals surface area (Å²) in [5.74, 6) is 1.65. The van der Waals surface area contributed by atoms with Gasteiger partial charge in [-0.3, -0.25) is 4.98 Å². The van der Waals surface area contributed by atoms with Crippen molar-refractivity contribution >= 4 is 33.8 Å². The van der Waals surface area contributed by atoms with E-state index in [9.17, 15) is 0 Å². The molecule has 0 atom stereocenters. The Labute approximate surface area is 160 Å². The summed E-state index contributed by atoms with van der Waals surface area (Å²) in [5.41, 5.74) is 8.96. The van der Waals surface area contributed by atoms with Gasteiger partial charge >= 0.3 is 0 Å². The summed E-state index contributed by atoms with van der Waals surface area (Å²) in [7, 11) is 0. The van der Waals surface area contributed by atoms with E-state index in [4.69, 9.17) is 20.4 Å². The van der Waals surface area contributed by atoms with Crippen LogP contribution in [-0.2, 0) is 11.2 Å². The second-order valence-electron chi connectivity index (χ2n) is 6.45. The summed E-state index contributed by atoms with van der Waals surface area (Å²) in [6.07, 6.45) is 6.20. The smallest absolute Gasteiger partial charge is 0.228 e. The molecule has 0 radical (unpaired) electrons. The van der Waals surface area contributed by atoms with Gasteiger partial charge < -0.3 is 20.3 Å². The van der Waals surface area contributed by atoms with Gasteiger partial charge in [-0.2, -0.15) is 4.98 Å². The molecule has 1 fully saturated rings. The summed E-state index contributed by atoms with van der Waals surface area (Å²) in [5, 5.41) is 1.53. The van der Waals surface area contributed by atoms with Crippen LogP contribution in [0.15, 0.2) is 30.7 Å². The lowest BCUT2D eigenvalue weighted by Crippen LogP contribution is -2.37. The molecule has 2 N–H and O–H groups in total. The number of nitrogens with two attached hydrogens (primary N) is 1. The first kappa shape index (κ1) is 16.4. The van der Waals surface area contributed by atoms with Crippen LogP contribution >= 0.6 is 11.3 Å². The summed E-state index contributed by atoms with van der Waals surface area (Å²) >= 11 is 1.46. The van der Waals surface area contributed by atoms with Crippen LogP contribution < -0.4 is 15.5 Å². The molecular formula is C18H19N7OS. The topological polar surface area (TPSA) is 93.3 Å². The Balaban J connectivity index is 1.64. The Bertz CT molecular complexity index is 956. The van der Waals surface area contributed by atoms with Gasteiger partial charge in [-0.15, -0.1) is 0 Å². The van der Waals surface area contributed by atoms with Gasteiger partial charge in [0.2, 0.25) is 5.95 Å². The summed E-state index contributed by atoms with van der Waals surface area (Å²) < 4.78 is 5.48. The molecule has 9 heteroatoms. The van der Waals surface area contributed by atoms with E-state index in [0.717, 1.165) is 59.8 Å². The van der Waals surface area contributed by atoms with E-state index in [1.165, 1.54) is 11.3 Å². The molecule has 2 aliphatic rings. The minimum atomic E-state index is 0.687. The summed E-state index contributed by atoms with van der Waals surface area (Å²) in [6.45, 7) is 3.78. The average molecular weight is 381 g/mol. The van der Waals surface area contributed by atoms with E-state index >= 15 is 0 Å². The maximum atomic E-state index is 5.93. The zero-order valence-corrected chi connectivity index (χ0v) is 15.5. The average Bonchev–Trinajstić information content (AvgIpc) is 3.35. The molecule has 0 saturated carbocycles. The Morgan fingerprint density at radius 3 is 2.74 bits per heavy atom. The standard InChI is InChI=1S/C18H19N7OS/c19-14-11-21-17(27-14)15-13-3-5-25(12-2-1-4-20-10-12)16(13)23-18(22-15)24-6-8-26-9-7-24/h1-2,4,10-11H,3,5-9,19H2. The largest absolute Gasteiger partial charge is 0.389 e. The molecule has 5 rings (SSSR count). The second kappa shape index (κ2) is 6.75. The molecule has 0 amide bonds. The van der Waals surface area contributed by atoms with Gasteiger partial charge in [0, 0.05) is 31.4 Å². The van der Waals surface area contributed by atoms with Crippen LogP contribution in [0, 0.1) is 0 Å². The van der Waals surface area contributed by atoms with Crippen molar-refractivity contribution in [1.29, 1.82) is 0 Å². The van der Waals surface area contributed by atoms with Crippen molar-refractivity contribution in [3.05, 3.63) is 36.3 Å². The Kier molecular flexibility index (Phi) is 4.10. The predicted octanol–water partition coefficient (Wildman–Crippen LogP) is 2.11. The highest BCUT2D eigenvalue weighted by molar-refractivity contribution is 7.18. The van der Waals surface area contributed by atoms with E-state index in [0.29, 0.717) is 18.2 Å². The Morgan fingerprint density at radius 2 is 2.00 bits per heavy atom. The number of nitrogens with zero attached hydrogens (tertiary/aromatic N) is 6. The van der Waals surface area contributed by atoms with Gasteiger partial charge in [-0.05, 0) is 18.6 Å². The zero-order chi connectivity index (χ0) is 18.2. The van der Waals surface area contributed by atoms with E-state index < -0.39 is 0 Å². The van der Waals surface area contributed by atoms with Gasteiger partial charge in [-0.1, -0.05) is 11.3 Å².